The number of aliphatic hydroxyl groups is 7. The van der Waals surface area contributed by atoms with Gasteiger partial charge in [-0.15, -0.1) is 0 Å². The lowest BCUT2D eigenvalue weighted by atomic mass is 9.87. The molecule has 0 aromatic heterocycles. The van der Waals surface area contributed by atoms with E-state index in [4.69, 9.17) is 0 Å². The number of hydrogen-bond donors (Lipinski definition) is 7. The van der Waals surface area contributed by atoms with E-state index in [-0.39, 0.29) is 0 Å². The van der Waals surface area contributed by atoms with Gasteiger partial charge in [-0.25, -0.2) is 4.39 Å². The first kappa shape index (κ1) is 17.0. The molecule has 0 bridgehead atoms. The van der Waals surface area contributed by atoms with Gasteiger partial charge in [0.1, 0.15) is 42.7 Å². The third-order valence-electron chi connectivity index (χ3n) is 3.13. The molecule has 1 rings (SSSR count). The lowest BCUT2D eigenvalue weighted by molar-refractivity contribution is -0.179. The van der Waals surface area contributed by atoms with Crippen molar-refractivity contribution in [2.75, 3.05) is 0 Å². The lowest BCUT2D eigenvalue weighted by Gasteiger charge is -2.33. The van der Waals surface area contributed by atoms with E-state index in [1.54, 1.807) is 0 Å². The number of hydrogen-bond acceptors (Lipinski definition) is 9. The molecule has 1 fully saturated rings. The quantitative estimate of drug-likeness (QED) is 0.216. The highest BCUT2D eigenvalue weighted by Crippen LogP contribution is 2.20. The van der Waals surface area contributed by atoms with E-state index >= 15 is 0 Å². The maximum atomic E-state index is 13.6. The van der Waals surface area contributed by atoms with E-state index < -0.39 is 60.5 Å². The molecule has 0 heterocycles. The molecule has 0 aliphatic heterocycles. The first-order valence-electron chi connectivity index (χ1n) is 5.59. The van der Waals surface area contributed by atoms with Crippen molar-refractivity contribution in [3.8, 4) is 0 Å². The largest absolute Gasteiger partial charge is 0.387 e. The molecule has 0 saturated heterocycles. The monoisotopic (exact) mass is 298 g/mol. The summed E-state index contributed by atoms with van der Waals surface area (Å²) < 4.78 is 13.6. The molecule has 9 nitrogen and oxygen atoms in total. The number of Topliss-reactive ketones (excluding diaryl/α,β-unsaturated/α-hetero) is 2. The van der Waals surface area contributed by atoms with Gasteiger partial charge in [-0.2, -0.15) is 0 Å². The van der Waals surface area contributed by atoms with Gasteiger partial charge in [-0.3, -0.25) is 9.59 Å². The van der Waals surface area contributed by atoms with Gasteiger partial charge in [-0.1, -0.05) is 0 Å². The summed E-state index contributed by atoms with van der Waals surface area (Å²) in [5.41, 5.74) is 0. The molecule has 116 valence electrons. The van der Waals surface area contributed by atoms with Gasteiger partial charge in [-0.05, 0) is 0 Å². The lowest BCUT2D eigenvalue weighted by Crippen LogP contribution is -2.60. The third-order valence-corrected chi connectivity index (χ3v) is 3.13. The molecule has 1 saturated carbocycles. The topological polar surface area (TPSA) is 176 Å². The summed E-state index contributed by atoms with van der Waals surface area (Å²) in [5, 5.41) is 65.3. The molecule has 0 radical (unpaired) electrons. The average molecular weight is 298 g/mol. The van der Waals surface area contributed by atoms with Crippen LogP contribution >= 0.6 is 0 Å². The van der Waals surface area contributed by atoms with Crippen LogP contribution in [0.25, 0.3) is 0 Å². The molecule has 0 aromatic carbocycles. The van der Waals surface area contributed by atoms with Crippen molar-refractivity contribution in [1.29, 1.82) is 0 Å². The van der Waals surface area contributed by atoms with Gasteiger partial charge in [0.15, 0.2) is 6.17 Å². The Morgan fingerprint density at radius 3 is 1.30 bits per heavy atom. The van der Waals surface area contributed by atoms with Crippen molar-refractivity contribution in [2.24, 2.45) is 0 Å². The Kier molecular flexibility index (Phi) is 5.27. The standard InChI is InChI=1S/C10H15FO9/c11-1-2(12)4(14)6(16)8(18)10(20)9(19)7(17)5(15)3(1)13/h1-8,12-18H/t1?,2?,3?,4-,5?,6?,7?,8?/m1/s1. The zero-order valence-corrected chi connectivity index (χ0v) is 9.94. The number of halogens is 1. The molecular formula is C10H15FO9. The smallest absolute Gasteiger partial charge is 0.232 e. The fourth-order valence-corrected chi connectivity index (χ4v) is 1.76. The van der Waals surface area contributed by atoms with Crippen LogP contribution in [-0.4, -0.2) is 96.2 Å². The van der Waals surface area contributed by atoms with Crippen molar-refractivity contribution >= 4 is 11.6 Å². The maximum absolute atomic E-state index is 13.6. The Hall–Kier alpha value is -1.01. The molecule has 20 heavy (non-hydrogen) atoms. The van der Waals surface area contributed by atoms with Gasteiger partial charge >= 0.3 is 0 Å². The van der Waals surface area contributed by atoms with Crippen LogP contribution < -0.4 is 0 Å². The summed E-state index contributed by atoms with van der Waals surface area (Å²) in [7, 11) is 0. The van der Waals surface area contributed by atoms with Gasteiger partial charge < -0.3 is 35.7 Å². The first-order chi connectivity index (χ1) is 9.11. The van der Waals surface area contributed by atoms with Crippen LogP contribution in [0.4, 0.5) is 4.39 Å². The van der Waals surface area contributed by atoms with Crippen LogP contribution in [0.15, 0.2) is 0 Å². The van der Waals surface area contributed by atoms with E-state index in [0.717, 1.165) is 0 Å². The zero-order chi connectivity index (χ0) is 15.8. The summed E-state index contributed by atoms with van der Waals surface area (Å²) >= 11 is 0. The van der Waals surface area contributed by atoms with Gasteiger partial charge in [0, 0.05) is 0 Å². The number of alkyl halides is 1. The van der Waals surface area contributed by atoms with Gasteiger partial charge in [0.25, 0.3) is 0 Å². The highest BCUT2D eigenvalue weighted by Gasteiger charge is 2.48. The molecule has 10 heteroatoms. The van der Waals surface area contributed by atoms with Crippen LogP contribution in [0.1, 0.15) is 0 Å². The van der Waals surface area contributed by atoms with Crippen molar-refractivity contribution in [2.45, 2.75) is 48.9 Å². The normalized spacial score (nSPS) is 48.2. The van der Waals surface area contributed by atoms with Gasteiger partial charge in [0.2, 0.25) is 11.6 Å². The second kappa shape index (κ2) is 6.18. The molecule has 7 N–H and O–H groups in total. The summed E-state index contributed by atoms with van der Waals surface area (Å²) in [6, 6.07) is 0. The Morgan fingerprint density at radius 2 is 0.900 bits per heavy atom. The highest BCUT2D eigenvalue weighted by molar-refractivity contribution is 6.40. The fourth-order valence-electron chi connectivity index (χ4n) is 1.76. The molecular weight excluding hydrogens is 283 g/mol. The Labute approximate surface area is 111 Å². The third kappa shape index (κ3) is 2.86. The molecule has 7 unspecified atom stereocenters. The Bertz CT molecular complexity index is 353. The van der Waals surface area contributed by atoms with Crippen molar-refractivity contribution < 1.29 is 49.7 Å². The molecule has 1 aliphatic carbocycles. The molecule has 8 atom stereocenters. The number of carbonyl (C=O) groups is 2. The van der Waals surface area contributed by atoms with E-state index in [0.29, 0.717) is 0 Å². The minimum absolute atomic E-state index is 1.76. The SMILES string of the molecule is O=C1C(=O)C(O)C(O)[C@H](O)C(O)C(F)C(O)C(O)C1O. The molecule has 0 spiro atoms. The Morgan fingerprint density at radius 1 is 0.600 bits per heavy atom. The summed E-state index contributed by atoms with van der Waals surface area (Å²) in [6.07, 6.45) is -20.1. The van der Waals surface area contributed by atoms with Crippen molar-refractivity contribution in [3.63, 3.8) is 0 Å². The summed E-state index contributed by atoms with van der Waals surface area (Å²) in [5.74, 6) is -3.54. The highest BCUT2D eigenvalue weighted by atomic mass is 19.1. The fraction of sp³-hybridized carbons (Fsp3) is 0.800. The van der Waals surface area contributed by atoms with Crippen LogP contribution in [0, 0.1) is 0 Å². The maximum Gasteiger partial charge on any atom is 0.232 e. The minimum atomic E-state index is -2.75. The minimum Gasteiger partial charge on any atom is -0.387 e. The predicted molar refractivity (Wildman–Crippen MR) is 57.0 cm³/mol. The second-order valence-electron chi connectivity index (χ2n) is 4.52. The van der Waals surface area contributed by atoms with Crippen LogP contribution in [0.5, 0.6) is 0 Å². The number of aliphatic hydroxyl groups excluding tert-OH is 7. The molecule has 0 amide bonds. The summed E-state index contributed by atoms with van der Waals surface area (Å²) in [4.78, 5) is 22.7. The predicted octanol–water partition coefficient (Wildman–Crippen LogP) is -5.00. The van der Waals surface area contributed by atoms with E-state index in [2.05, 4.69) is 0 Å². The Balaban J connectivity index is 3.20. The first-order valence-corrected chi connectivity index (χ1v) is 5.59. The van der Waals surface area contributed by atoms with Crippen LogP contribution in [0.3, 0.4) is 0 Å². The molecule has 1 aliphatic rings. The van der Waals surface area contributed by atoms with Crippen molar-refractivity contribution in [3.05, 3.63) is 0 Å². The number of rotatable bonds is 0. The zero-order valence-electron chi connectivity index (χ0n) is 9.94. The van der Waals surface area contributed by atoms with Crippen LogP contribution in [-0.2, 0) is 9.59 Å². The number of carbonyl (C=O) groups excluding carboxylic acids is 2. The van der Waals surface area contributed by atoms with E-state index in [1.165, 1.54) is 0 Å². The van der Waals surface area contributed by atoms with E-state index in [1.807, 2.05) is 0 Å². The average Bonchev–Trinajstić information content (AvgIpc) is 2.46. The second-order valence-corrected chi connectivity index (χ2v) is 4.52. The van der Waals surface area contributed by atoms with E-state index in [9.17, 15) is 49.7 Å². The molecule has 0 aromatic rings. The van der Waals surface area contributed by atoms with Crippen molar-refractivity contribution in [1.82, 2.24) is 0 Å². The summed E-state index contributed by atoms with van der Waals surface area (Å²) in [6.45, 7) is 0. The van der Waals surface area contributed by atoms with Crippen LogP contribution in [0.2, 0.25) is 0 Å². The van der Waals surface area contributed by atoms with Gasteiger partial charge in [0.05, 0.1) is 0 Å². The number of ketones is 2.